The number of allylic oxidation sites excluding steroid dienone is 2. The first-order valence-electron chi connectivity index (χ1n) is 11.1. The molecule has 144 valence electrons. The quantitative estimate of drug-likeness (QED) is 0.451. The summed E-state index contributed by atoms with van der Waals surface area (Å²) >= 11 is 0. The van der Waals surface area contributed by atoms with E-state index in [0.29, 0.717) is 5.92 Å². The monoisotopic (exact) mass is 360 g/mol. The molecule has 0 bridgehead atoms. The Bertz CT molecular complexity index is 763. The fourth-order valence-electron chi connectivity index (χ4n) is 4.58. The van der Waals surface area contributed by atoms with Gasteiger partial charge in [0.05, 0.1) is 0 Å². The second kappa shape index (κ2) is 9.40. The van der Waals surface area contributed by atoms with E-state index in [1.165, 1.54) is 54.4 Å². The van der Waals surface area contributed by atoms with Crippen molar-refractivity contribution in [2.45, 2.75) is 78.6 Å². The van der Waals surface area contributed by atoms with Gasteiger partial charge in [-0.25, -0.2) is 0 Å². The smallest absolute Gasteiger partial charge is 0.00924 e. The Morgan fingerprint density at radius 1 is 0.963 bits per heavy atom. The van der Waals surface area contributed by atoms with Gasteiger partial charge in [-0.05, 0) is 65.0 Å². The lowest BCUT2D eigenvalue weighted by molar-refractivity contribution is 0.503. The highest BCUT2D eigenvalue weighted by Gasteiger charge is 2.23. The van der Waals surface area contributed by atoms with Crippen molar-refractivity contribution in [1.29, 1.82) is 0 Å². The summed E-state index contributed by atoms with van der Waals surface area (Å²) in [7, 11) is 0. The van der Waals surface area contributed by atoms with Gasteiger partial charge in [0.1, 0.15) is 0 Å². The minimum atomic E-state index is 0.535. The van der Waals surface area contributed by atoms with Gasteiger partial charge in [-0.15, -0.1) is 0 Å². The summed E-state index contributed by atoms with van der Waals surface area (Å²) in [5, 5.41) is 0. The highest BCUT2D eigenvalue weighted by atomic mass is 14.3. The number of aryl methyl sites for hydroxylation is 1. The molecule has 1 aliphatic rings. The van der Waals surface area contributed by atoms with Crippen molar-refractivity contribution in [3.05, 3.63) is 76.4 Å². The molecular weight excluding hydrogens is 324 g/mol. The Kier molecular flexibility index (Phi) is 6.94. The van der Waals surface area contributed by atoms with Gasteiger partial charge in [-0.3, -0.25) is 0 Å². The maximum atomic E-state index is 2.49. The van der Waals surface area contributed by atoms with Gasteiger partial charge in [0.15, 0.2) is 0 Å². The standard InChI is InChI=1S/C27H36/c1-5-8-9-20(4)18-22-12-16-27-24(19-22)15-17-26(25(27)7-3)23-13-10-21(6-2)11-14-23/h10-14,16-17,19-20,25H,5-9,15,18H2,1-4H3. The molecule has 0 radical (unpaired) electrons. The molecule has 0 amide bonds. The molecule has 0 nitrogen and oxygen atoms in total. The predicted octanol–water partition coefficient (Wildman–Crippen LogP) is 7.75. The van der Waals surface area contributed by atoms with Crippen LogP contribution < -0.4 is 0 Å². The van der Waals surface area contributed by atoms with E-state index in [0.717, 1.165) is 18.8 Å². The number of hydrogen-bond acceptors (Lipinski definition) is 0. The highest BCUT2D eigenvalue weighted by molar-refractivity contribution is 5.74. The molecule has 0 saturated heterocycles. The number of unbranched alkanes of at least 4 members (excludes halogenated alkanes) is 1. The van der Waals surface area contributed by atoms with Crippen molar-refractivity contribution in [3.63, 3.8) is 0 Å². The normalized spacial score (nSPS) is 17.3. The van der Waals surface area contributed by atoms with E-state index in [-0.39, 0.29) is 0 Å². The van der Waals surface area contributed by atoms with Crippen molar-refractivity contribution in [3.8, 4) is 0 Å². The zero-order chi connectivity index (χ0) is 19.2. The Balaban J connectivity index is 1.80. The van der Waals surface area contributed by atoms with Crippen LogP contribution in [0.25, 0.3) is 5.57 Å². The van der Waals surface area contributed by atoms with Crippen molar-refractivity contribution in [1.82, 2.24) is 0 Å². The summed E-state index contributed by atoms with van der Waals surface area (Å²) in [6.45, 7) is 9.24. The molecule has 2 atom stereocenters. The van der Waals surface area contributed by atoms with E-state index in [4.69, 9.17) is 0 Å². The third-order valence-corrected chi connectivity index (χ3v) is 6.24. The van der Waals surface area contributed by atoms with Crippen LogP contribution in [-0.4, -0.2) is 0 Å². The largest absolute Gasteiger partial charge is 0.0757 e. The lowest BCUT2D eigenvalue weighted by Gasteiger charge is -2.28. The van der Waals surface area contributed by atoms with Crippen LogP contribution >= 0.6 is 0 Å². The van der Waals surface area contributed by atoms with Gasteiger partial charge in [-0.2, -0.15) is 0 Å². The average Bonchev–Trinajstić information content (AvgIpc) is 2.71. The van der Waals surface area contributed by atoms with Gasteiger partial charge in [-0.1, -0.05) is 95.5 Å². The fourth-order valence-corrected chi connectivity index (χ4v) is 4.58. The highest BCUT2D eigenvalue weighted by Crippen LogP contribution is 2.40. The summed E-state index contributed by atoms with van der Waals surface area (Å²) in [6.07, 6.45) is 11.1. The summed E-state index contributed by atoms with van der Waals surface area (Å²) in [4.78, 5) is 0. The zero-order valence-corrected chi connectivity index (χ0v) is 17.7. The molecule has 2 aromatic carbocycles. The first kappa shape index (κ1) is 19.9. The predicted molar refractivity (Wildman–Crippen MR) is 119 cm³/mol. The summed E-state index contributed by atoms with van der Waals surface area (Å²) < 4.78 is 0. The van der Waals surface area contributed by atoms with Gasteiger partial charge >= 0.3 is 0 Å². The molecule has 0 heteroatoms. The first-order valence-corrected chi connectivity index (χ1v) is 11.1. The van der Waals surface area contributed by atoms with Crippen LogP contribution in [-0.2, 0) is 19.3 Å². The summed E-state index contributed by atoms with van der Waals surface area (Å²) in [5.41, 5.74) is 8.98. The fraction of sp³-hybridized carbons (Fsp3) is 0.481. The molecule has 27 heavy (non-hydrogen) atoms. The Morgan fingerprint density at radius 2 is 1.70 bits per heavy atom. The lowest BCUT2D eigenvalue weighted by Crippen LogP contribution is -2.11. The lowest BCUT2D eigenvalue weighted by atomic mass is 9.77. The number of hydrogen-bond donors (Lipinski definition) is 0. The molecule has 0 saturated carbocycles. The van der Waals surface area contributed by atoms with Crippen LogP contribution in [0.4, 0.5) is 0 Å². The minimum absolute atomic E-state index is 0.535. The topological polar surface area (TPSA) is 0 Å². The van der Waals surface area contributed by atoms with Crippen LogP contribution in [0.5, 0.6) is 0 Å². The molecule has 3 rings (SSSR count). The van der Waals surface area contributed by atoms with Gasteiger partial charge < -0.3 is 0 Å². The van der Waals surface area contributed by atoms with E-state index in [1.54, 1.807) is 11.1 Å². The molecule has 0 heterocycles. The Morgan fingerprint density at radius 3 is 2.37 bits per heavy atom. The zero-order valence-electron chi connectivity index (χ0n) is 17.7. The molecule has 0 aromatic heterocycles. The molecule has 1 aliphatic carbocycles. The first-order chi connectivity index (χ1) is 13.2. The molecule has 0 spiro atoms. The van der Waals surface area contributed by atoms with Gasteiger partial charge in [0.25, 0.3) is 0 Å². The number of fused-ring (bicyclic) bond motifs is 1. The van der Waals surface area contributed by atoms with Gasteiger partial charge in [0, 0.05) is 5.92 Å². The second-order valence-electron chi connectivity index (χ2n) is 8.36. The van der Waals surface area contributed by atoms with Crippen molar-refractivity contribution in [2.75, 3.05) is 0 Å². The molecule has 0 N–H and O–H groups in total. The van der Waals surface area contributed by atoms with E-state index >= 15 is 0 Å². The van der Waals surface area contributed by atoms with Crippen LogP contribution in [0.1, 0.15) is 87.1 Å². The van der Waals surface area contributed by atoms with E-state index in [9.17, 15) is 0 Å². The van der Waals surface area contributed by atoms with E-state index < -0.39 is 0 Å². The van der Waals surface area contributed by atoms with E-state index in [1.807, 2.05) is 0 Å². The number of rotatable bonds is 8. The molecule has 2 unspecified atom stereocenters. The maximum absolute atomic E-state index is 2.49. The van der Waals surface area contributed by atoms with E-state index in [2.05, 4.69) is 76.2 Å². The third kappa shape index (κ3) is 4.72. The van der Waals surface area contributed by atoms with Crippen LogP contribution in [0.15, 0.2) is 48.5 Å². The summed E-state index contributed by atoms with van der Waals surface area (Å²) in [6, 6.07) is 16.5. The SMILES string of the molecule is CCCCC(C)Cc1ccc2c(c1)CC=C(c1ccc(CC)cc1)C2CC. The van der Waals surface area contributed by atoms with Crippen LogP contribution in [0.2, 0.25) is 0 Å². The van der Waals surface area contributed by atoms with Crippen molar-refractivity contribution < 1.29 is 0 Å². The maximum Gasteiger partial charge on any atom is 0.00924 e. The van der Waals surface area contributed by atoms with Crippen LogP contribution in [0, 0.1) is 5.92 Å². The molecule has 0 aliphatic heterocycles. The summed E-state index contributed by atoms with van der Waals surface area (Å²) in [5.74, 6) is 1.32. The Labute approximate surface area is 166 Å². The number of benzene rings is 2. The minimum Gasteiger partial charge on any atom is -0.0757 e. The molecule has 0 fully saturated rings. The van der Waals surface area contributed by atoms with Gasteiger partial charge in [0.2, 0.25) is 0 Å². The average molecular weight is 361 g/mol. The Hall–Kier alpha value is -1.82. The molecule has 2 aromatic rings. The second-order valence-corrected chi connectivity index (χ2v) is 8.36. The van der Waals surface area contributed by atoms with Crippen molar-refractivity contribution in [2.24, 2.45) is 5.92 Å². The third-order valence-electron chi connectivity index (χ3n) is 6.24. The molecular formula is C27H36. The van der Waals surface area contributed by atoms with Crippen LogP contribution in [0.3, 0.4) is 0 Å². The van der Waals surface area contributed by atoms with Crippen molar-refractivity contribution >= 4 is 5.57 Å².